The molecule has 0 radical (unpaired) electrons. The second-order valence-corrected chi connectivity index (χ2v) is 10.2. The predicted octanol–water partition coefficient (Wildman–Crippen LogP) is 2.53. The number of carbonyl (C=O) groups is 3. The van der Waals surface area contributed by atoms with Crippen LogP contribution in [0.1, 0.15) is 68.2 Å². The number of rotatable bonds is 12. The molecule has 37 heavy (non-hydrogen) atoms. The molecule has 9 heteroatoms. The third kappa shape index (κ3) is 9.24. The molecule has 9 nitrogen and oxygen atoms in total. The molecule has 2 heterocycles. The Bertz CT molecular complexity index is 1050. The summed E-state index contributed by atoms with van der Waals surface area (Å²) >= 11 is 0. The summed E-state index contributed by atoms with van der Waals surface area (Å²) in [7, 11) is 0. The molecule has 0 spiro atoms. The fourth-order valence-corrected chi connectivity index (χ4v) is 4.58. The lowest BCUT2D eigenvalue weighted by molar-refractivity contribution is -0.142. The summed E-state index contributed by atoms with van der Waals surface area (Å²) < 4.78 is 0. The summed E-state index contributed by atoms with van der Waals surface area (Å²) in [6.45, 7) is 7.63. The van der Waals surface area contributed by atoms with Gasteiger partial charge in [0.15, 0.2) is 0 Å². The van der Waals surface area contributed by atoms with E-state index in [1.165, 1.54) is 0 Å². The van der Waals surface area contributed by atoms with E-state index in [9.17, 15) is 19.5 Å². The maximum absolute atomic E-state index is 13.1. The standard InChI is InChI=1S/C28H39N5O4/c1-18(2)15-24(28(36)37)33-27(35)23(17-20-7-5-4-6-8-20)32-25(34)10-9-22-16-19(3)30-26(31-22)21-11-13-29-14-12-21/h4-8,16,18,21,23-24,29H,9-15,17H2,1-3H3,(H,32,34)(H,33,35)(H,36,37)/t23-,24-/m0/s1. The first-order valence-corrected chi connectivity index (χ1v) is 13.1. The monoisotopic (exact) mass is 509 g/mol. The number of aliphatic carboxylic acids is 1. The van der Waals surface area contributed by atoms with Crippen LogP contribution in [0.3, 0.4) is 0 Å². The number of nitrogens with one attached hydrogen (secondary N) is 3. The first kappa shape index (κ1) is 28.2. The van der Waals surface area contributed by atoms with Crippen molar-refractivity contribution >= 4 is 17.8 Å². The van der Waals surface area contributed by atoms with Crippen molar-refractivity contribution in [2.45, 2.75) is 77.3 Å². The summed E-state index contributed by atoms with van der Waals surface area (Å²) in [6.07, 6.45) is 3.15. The molecule has 1 aromatic carbocycles. The van der Waals surface area contributed by atoms with Crippen molar-refractivity contribution in [3.05, 3.63) is 59.2 Å². The average Bonchev–Trinajstić information content (AvgIpc) is 2.87. The van der Waals surface area contributed by atoms with Crippen molar-refractivity contribution in [2.24, 2.45) is 5.92 Å². The largest absolute Gasteiger partial charge is 0.480 e. The van der Waals surface area contributed by atoms with E-state index in [4.69, 9.17) is 4.98 Å². The first-order valence-electron chi connectivity index (χ1n) is 13.1. The number of piperidine rings is 1. The number of carboxylic acids is 1. The molecule has 3 rings (SSSR count). The van der Waals surface area contributed by atoms with E-state index < -0.39 is 24.0 Å². The highest BCUT2D eigenvalue weighted by Crippen LogP contribution is 2.22. The minimum atomic E-state index is -1.09. The second-order valence-electron chi connectivity index (χ2n) is 10.2. The van der Waals surface area contributed by atoms with Crippen molar-refractivity contribution in [1.82, 2.24) is 25.9 Å². The number of aryl methyl sites for hydroxylation is 2. The van der Waals surface area contributed by atoms with Crippen LogP contribution in [-0.2, 0) is 27.2 Å². The molecule has 1 saturated heterocycles. The number of aromatic nitrogens is 2. The van der Waals surface area contributed by atoms with Crippen LogP contribution in [0, 0.1) is 12.8 Å². The summed E-state index contributed by atoms with van der Waals surface area (Å²) in [4.78, 5) is 47.1. The Hall–Kier alpha value is -3.33. The molecule has 2 atom stereocenters. The minimum absolute atomic E-state index is 0.0923. The van der Waals surface area contributed by atoms with Crippen LogP contribution in [0.2, 0.25) is 0 Å². The van der Waals surface area contributed by atoms with Crippen molar-refractivity contribution < 1.29 is 19.5 Å². The van der Waals surface area contributed by atoms with E-state index in [2.05, 4.69) is 20.9 Å². The minimum Gasteiger partial charge on any atom is -0.480 e. The number of carbonyl (C=O) groups excluding carboxylic acids is 2. The highest BCUT2D eigenvalue weighted by Gasteiger charge is 2.27. The lowest BCUT2D eigenvalue weighted by Crippen LogP contribution is -2.52. The molecule has 0 bridgehead atoms. The van der Waals surface area contributed by atoms with Crippen molar-refractivity contribution in [2.75, 3.05) is 13.1 Å². The van der Waals surface area contributed by atoms with E-state index in [1.807, 2.05) is 57.2 Å². The second kappa shape index (κ2) is 13.8. The van der Waals surface area contributed by atoms with Gasteiger partial charge in [-0.25, -0.2) is 14.8 Å². The zero-order valence-corrected chi connectivity index (χ0v) is 22.0. The van der Waals surface area contributed by atoms with E-state index >= 15 is 0 Å². The van der Waals surface area contributed by atoms with Crippen molar-refractivity contribution in [3.63, 3.8) is 0 Å². The number of carboxylic acid groups (broad SMARTS) is 1. The number of hydrogen-bond donors (Lipinski definition) is 4. The van der Waals surface area contributed by atoms with E-state index in [0.717, 1.165) is 48.7 Å². The lowest BCUT2D eigenvalue weighted by Gasteiger charge is -2.23. The molecular weight excluding hydrogens is 470 g/mol. The molecule has 1 aromatic heterocycles. The first-order chi connectivity index (χ1) is 17.7. The van der Waals surface area contributed by atoms with Gasteiger partial charge in [-0.2, -0.15) is 0 Å². The van der Waals surface area contributed by atoms with Gasteiger partial charge >= 0.3 is 5.97 Å². The molecule has 0 aliphatic carbocycles. The van der Waals surface area contributed by atoms with Crippen molar-refractivity contribution in [3.8, 4) is 0 Å². The number of benzene rings is 1. The number of nitrogens with zero attached hydrogens (tertiary/aromatic N) is 2. The summed E-state index contributed by atoms with van der Waals surface area (Å²) in [5, 5.41) is 18.4. The number of amides is 2. The van der Waals surface area contributed by atoms with Crippen LogP contribution >= 0.6 is 0 Å². The molecule has 4 N–H and O–H groups in total. The molecule has 2 amide bonds. The predicted molar refractivity (Wildman–Crippen MR) is 141 cm³/mol. The topological polar surface area (TPSA) is 133 Å². The maximum atomic E-state index is 13.1. The Balaban J connectivity index is 1.66. The summed E-state index contributed by atoms with van der Waals surface area (Å²) in [6, 6.07) is 9.35. The van der Waals surface area contributed by atoms with Gasteiger partial charge in [-0.3, -0.25) is 9.59 Å². The van der Waals surface area contributed by atoms with Gasteiger partial charge in [0.1, 0.15) is 17.9 Å². The quantitative estimate of drug-likeness (QED) is 0.345. The number of hydrogen-bond acceptors (Lipinski definition) is 6. The van der Waals surface area contributed by atoms with Gasteiger partial charge in [-0.1, -0.05) is 44.2 Å². The molecule has 2 aromatic rings. The fourth-order valence-electron chi connectivity index (χ4n) is 4.58. The molecule has 1 aliphatic heterocycles. The molecule has 1 aliphatic rings. The van der Waals surface area contributed by atoms with Crippen LogP contribution in [0.4, 0.5) is 0 Å². The maximum Gasteiger partial charge on any atom is 0.326 e. The van der Waals surface area contributed by atoms with E-state index in [0.29, 0.717) is 18.8 Å². The zero-order chi connectivity index (χ0) is 26.8. The van der Waals surface area contributed by atoms with Gasteiger partial charge in [-0.05, 0) is 63.2 Å². The van der Waals surface area contributed by atoms with Gasteiger partial charge in [0.2, 0.25) is 11.8 Å². The SMILES string of the molecule is Cc1cc(CCC(=O)N[C@@H](Cc2ccccc2)C(=O)N[C@@H](CC(C)C)C(=O)O)nc(C2CCNCC2)n1. The zero-order valence-electron chi connectivity index (χ0n) is 22.0. The third-order valence-corrected chi connectivity index (χ3v) is 6.49. The third-order valence-electron chi connectivity index (χ3n) is 6.49. The van der Waals surface area contributed by atoms with Crippen LogP contribution in [-0.4, -0.2) is 58.0 Å². The van der Waals surface area contributed by atoms with Gasteiger partial charge in [0, 0.05) is 30.1 Å². The molecule has 1 fully saturated rings. The summed E-state index contributed by atoms with van der Waals surface area (Å²) in [5.41, 5.74) is 2.56. The van der Waals surface area contributed by atoms with Crippen LogP contribution in [0.15, 0.2) is 36.4 Å². The van der Waals surface area contributed by atoms with E-state index in [1.54, 1.807) is 0 Å². The Morgan fingerprint density at radius 3 is 2.41 bits per heavy atom. The highest BCUT2D eigenvalue weighted by molar-refractivity contribution is 5.90. The molecular formula is C28H39N5O4. The van der Waals surface area contributed by atoms with E-state index in [-0.39, 0.29) is 24.7 Å². The Morgan fingerprint density at radius 2 is 1.76 bits per heavy atom. The van der Waals surface area contributed by atoms with Crippen molar-refractivity contribution in [1.29, 1.82) is 0 Å². The summed E-state index contributed by atoms with van der Waals surface area (Å²) in [5.74, 6) is -0.628. The van der Waals surface area contributed by atoms with Gasteiger partial charge in [-0.15, -0.1) is 0 Å². The molecule has 0 unspecified atom stereocenters. The normalized spacial score (nSPS) is 15.7. The van der Waals surface area contributed by atoms with Crippen LogP contribution in [0.25, 0.3) is 0 Å². The average molecular weight is 510 g/mol. The Kier molecular flexibility index (Phi) is 10.6. The lowest BCUT2D eigenvalue weighted by atomic mass is 9.97. The van der Waals surface area contributed by atoms with Crippen LogP contribution in [0.5, 0.6) is 0 Å². The Labute approximate surface area is 218 Å². The van der Waals surface area contributed by atoms with Gasteiger partial charge < -0.3 is 21.1 Å². The Morgan fingerprint density at radius 1 is 1.05 bits per heavy atom. The molecule has 200 valence electrons. The van der Waals surface area contributed by atoms with Crippen LogP contribution < -0.4 is 16.0 Å². The van der Waals surface area contributed by atoms with Gasteiger partial charge in [0.25, 0.3) is 0 Å². The highest BCUT2D eigenvalue weighted by atomic mass is 16.4. The smallest absolute Gasteiger partial charge is 0.326 e. The fraction of sp³-hybridized carbons (Fsp3) is 0.536. The molecule has 0 saturated carbocycles. The van der Waals surface area contributed by atoms with Gasteiger partial charge in [0.05, 0.1) is 0 Å².